The number of aliphatic carboxylic acids is 1. The quantitative estimate of drug-likeness (QED) is 0.365. The molecule has 0 radical (unpaired) electrons. The molecule has 4 rings (SSSR count). The predicted molar refractivity (Wildman–Crippen MR) is 119 cm³/mol. The molecule has 0 unspecified atom stereocenters. The summed E-state index contributed by atoms with van der Waals surface area (Å²) in [4.78, 5) is 35.1. The second-order valence-electron chi connectivity index (χ2n) is 7.67. The van der Waals surface area contributed by atoms with E-state index < -0.39 is 30.6 Å². The van der Waals surface area contributed by atoms with Gasteiger partial charge in [0.1, 0.15) is 6.61 Å². The number of carboxylic acid groups (broad SMARTS) is 1. The number of nitrogens with zero attached hydrogens (tertiary/aromatic N) is 3. The maximum atomic E-state index is 12.2. The number of aromatic nitrogens is 3. The number of fused-ring (bicyclic) bond motifs is 3. The Kier molecular flexibility index (Phi) is 6.83. The van der Waals surface area contributed by atoms with Crippen LogP contribution in [0.3, 0.4) is 0 Å². The summed E-state index contributed by atoms with van der Waals surface area (Å²) in [6.07, 6.45) is 0.734. The second-order valence-corrected chi connectivity index (χ2v) is 7.67. The SMILES string of the molecule is O=C(NCCn1cc(C(=O)N[C@H](CO)C(=O)O)nn1)OCC1c2ccccc2-c2ccccc21. The largest absolute Gasteiger partial charge is 0.480 e. The minimum Gasteiger partial charge on any atom is -0.480 e. The highest BCUT2D eigenvalue weighted by molar-refractivity contribution is 5.94. The molecule has 1 aromatic heterocycles. The van der Waals surface area contributed by atoms with Crippen LogP contribution in [0.4, 0.5) is 4.79 Å². The Labute approximate surface area is 194 Å². The molecule has 1 heterocycles. The predicted octanol–water partition coefficient (Wildman–Crippen LogP) is 0.992. The van der Waals surface area contributed by atoms with Gasteiger partial charge >= 0.3 is 12.1 Å². The highest BCUT2D eigenvalue weighted by Gasteiger charge is 2.29. The van der Waals surface area contributed by atoms with Crippen molar-refractivity contribution in [2.24, 2.45) is 0 Å². The number of rotatable bonds is 9. The Morgan fingerprint density at radius 3 is 2.32 bits per heavy atom. The third kappa shape index (κ3) is 4.89. The second kappa shape index (κ2) is 10.1. The van der Waals surface area contributed by atoms with Crippen LogP contribution in [0.2, 0.25) is 0 Å². The van der Waals surface area contributed by atoms with Crippen molar-refractivity contribution in [3.8, 4) is 11.1 Å². The van der Waals surface area contributed by atoms with Gasteiger partial charge in [0.2, 0.25) is 0 Å². The van der Waals surface area contributed by atoms with E-state index in [-0.39, 0.29) is 31.3 Å². The highest BCUT2D eigenvalue weighted by atomic mass is 16.5. The fourth-order valence-electron chi connectivity index (χ4n) is 3.85. The molecule has 1 atom stereocenters. The molecule has 2 aromatic carbocycles. The average Bonchev–Trinajstić information content (AvgIpc) is 3.44. The van der Waals surface area contributed by atoms with E-state index in [2.05, 4.69) is 33.1 Å². The molecule has 176 valence electrons. The normalized spacial score (nSPS) is 13.0. The van der Waals surface area contributed by atoms with Gasteiger partial charge in [-0.1, -0.05) is 53.7 Å². The van der Waals surface area contributed by atoms with Gasteiger partial charge in [-0.3, -0.25) is 4.79 Å². The number of ether oxygens (including phenoxy) is 1. The average molecular weight is 465 g/mol. The van der Waals surface area contributed by atoms with Crippen molar-refractivity contribution in [2.45, 2.75) is 18.5 Å². The number of benzene rings is 2. The van der Waals surface area contributed by atoms with Crippen LogP contribution in [0, 0.1) is 0 Å². The summed E-state index contributed by atoms with van der Waals surface area (Å²) < 4.78 is 6.79. The minimum atomic E-state index is -1.44. The number of aliphatic hydroxyl groups is 1. The zero-order valence-corrected chi connectivity index (χ0v) is 18.0. The monoisotopic (exact) mass is 465 g/mol. The Morgan fingerprint density at radius 2 is 1.71 bits per heavy atom. The number of carbonyl (C=O) groups excluding carboxylic acids is 2. The van der Waals surface area contributed by atoms with Gasteiger partial charge in [-0.15, -0.1) is 5.10 Å². The lowest BCUT2D eigenvalue weighted by molar-refractivity contribution is -0.140. The third-order valence-electron chi connectivity index (χ3n) is 5.51. The first-order chi connectivity index (χ1) is 16.5. The van der Waals surface area contributed by atoms with Gasteiger partial charge in [-0.25, -0.2) is 14.3 Å². The molecule has 1 aliphatic carbocycles. The molecule has 0 saturated carbocycles. The van der Waals surface area contributed by atoms with E-state index >= 15 is 0 Å². The van der Waals surface area contributed by atoms with E-state index in [1.807, 2.05) is 36.4 Å². The zero-order valence-electron chi connectivity index (χ0n) is 18.0. The Balaban J connectivity index is 1.26. The van der Waals surface area contributed by atoms with Crippen molar-refractivity contribution >= 4 is 18.0 Å². The lowest BCUT2D eigenvalue weighted by atomic mass is 9.98. The van der Waals surface area contributed by atoms with E-state index in [0.29, 0.717) is 0 Å². The van der Waals surface area contributed by atoms with E-state index in [1.54, 1.807) is 0 Å². The molecule has 0 fully saturated rings. The van der Waals surface area contributed by atoms with E-state index in [4.69, 9.17) is 14.9 Å². The maximum absolute atomic E-state index is 12.2. The molecule has 4 N–H and O–H groups in total. The fourth-order valence-corrected chi connectivity index (χ4v) is 3.85. The lowest BCUT2D eigenvalue weighted by Crippen LogP contribution is -2.43. The van der Waals surface area contributed by atoms with E-state index in [0.717, 1.165) is 22.3 Å². The van der Waals surface area contributed by atoms with Crippen molar-refractivity contribution in [3.05, 3.63) is 71.5 Å². The standard InChI is InChI=1S/C23H23N5O6/c29-12-20(22(31)32)25-21(30)19-11-28(27-26-19)10-9-24-23(33)34-13-18-16-7-3-1-5-14(16)15-6-2-4-8-17(15)18/h1-8,11,18,20,29H,9-10,12-13H2,(H,24,33)(H,25,30)(H,31,32)/t20-/m1/s1. The van der Waals surface area contributed by atoms with Gasteiger partial charge in [0.15, 0.2) is 11.7 Å². The van der Waals surface area contributed by atoms with Gasteiger partial charge in [0.05, 0.1) is 19.3 Å². The summed E-state index contributed by atoms with van der Waals surface area (Å²) in [6, 6.07) is 14.7. The van der Waals surface area contributed by atoms with Gasteiger partial charge in [-0.2, -0.15) is 0 Å². The topological polar surface area (TPSA) is 156 Å². The molecule has 2 amide bonds. The number of alkyl carbamates (subject to hydrolysis) is 1. The van der Waals surface area contributed by atoms with Gasteiger partial charge in [0.25, 0.3) is 5.91 Å². The van der Waals surface area contributed by atoms with E-state index in [9.17, 15) is 14.4 Å². The fraction of sp³-hybridized carbons (Fsp3) is 0.261. The zero-order chi connectivity index (χ0) is 24.1. The molecule has 3 aromatic rings. The third-order valence-corrected chi connectivity index (χ3v) is 5.51. The van der Waals surface area contributed by atoms with Crippen molar-refractivity contribution < 1.29 is 29.3 Å². The first kappa shape index (κ1) is 22.9. The molecule has 11 nitrogen and oxygen atoms in total. The minimum absolute atomic E-state index is 0.0388. The van der Waals surface area contributed by atoms with Crippen molar-refractivity contribution in [1.29, 1.82) is 0 Å². The van der Waals surface area contributed by atoms with Crippen LogP contribution in [-0.4, -0.2) is 69.0 Å². The van der Waals surface area contributed by atoms with Gasteiger partial charge < -0.3 is 25.6 Å². The maximum Gasteiger partial charge on any atom is 0.407 e. The smallest absolute Gasteiger partial charge is 0.407 e. The van der Waals surface area contributed by atoms with Crippen LogP contribution in [0.25, 0.3) is 11.1 Å². The molecule has 11 heteroatoms. The summed E-state index contributed by atoms with van der Waals surface area (Å²) in [7, 11) is 0. The molecule has 0 spiro atoms. The summed E-state index contributed by atoms with van der Waals surface area (Å²) in [5.74, 6) is -2.18. The molecule has 0 saturated heterocycles. The van der Waals surface area contributed by atoms with Crippen LogP contribution in [0.5, 0.6) is 0 Å². The summed E-state index contributed by atoms with van der Waals surface area (Å²) in [6.45, 7) is -0.162. The number of amides is 2. The number of carbonyl (C=O) groups is 3. The molecular formula is C23H23N5O6. The Morgan fingerprint density at radius 1 is 1.06 bits per heavy atom. The van der Waals surface area contributed by atoms with Gasteiger partial charge in [-0.05, 0) is 22.3 Å². The van der Waals surface area contributed by atoms with Crippen LogP contribution in [0.1, 0.15) is 27.5 Å². The molecular weight excluding hydrogens is 442 g/mol. The molecule has 0 bridgehead atoms. The highest BCUT2D eigenvalue weighted by Crippen LogP contribution is 2.44. The summed E-state index contributed by atoms with van der Waals surface area (Å²) >= 11 is 0. The Hall–Kier alpha value is -4.25. The number of hydrogen-bond donors (Lipinski definition) is 4. The number of hydrogen-bond acceptors (Lipinski definition) is 7. The Bertz CT molecular complexity index is 1160. The number of carboxylic acids is 1. The number of nitrogens with one attached hydrogen (secondary N) is 2. The molecule has 0 aliphatic heterocycles. The van der Waals surface area contributed by atoms with Crippen molar-refractivity contribution in [2.75, 3.05) is 19.8 Å². The van der Waals surface area contributed by atoms with Crippen molar-refractivity contribution in [3.63, 3.8) is 0 Å². The van der Waals surface area contributed by atoms with Crippen LogP contribution in [0.15, 0.2) is 54.7 Å². The summed E-state index contributed by atoms with van der Waals surface area (Å²) in [5, 5.41) is 30.1. The van der Waals surface area contributed by atoms with Crippen LogP contribution in [-0.2, 0) is 16.1 Å². The lowest BCUT2D eigenvalue weighted by Gasteiger charge is -2.14. The molecule has 34 heavy (non-hydrogen) atoms. The van der Waals surface area contributed by atoms with E-state index in [1.165, 1.54) is 10.9 Å². The van der Waals surface area contributed by atoms with Crippen LogP contribution >= 0.6 is 0 Å². The first-order valence-corrected chi connectivity index (χ1v) is 10.6. The summed E-state index contributed by atoms with van der Waals surface area (Å²) in [5.41, 5.74) is 4.42. The van der Waals surface area contributed by atoms with Crippen LogP contribution < -0.4 is 10.6 Å². The van der Waals surface area contributed by atoms with Gasteiger partial charge in [0, 0.05) is 12.5 Å². The number of aliphatic hydroxyl groups excluding tert-OH is 1. The molecule has 1 aliphatic rings. The first-order valence-electron chi connectivity index (χ1n) is 10.6. The van der Waals surface area contributed by atoms with Crippen molar-refractivity contribution in [1.82, 2.24) is 25.6 Å².